The molecular weight excluding hydrogens is 352 g/mol. The van der Waals surface area contributed by atoms with Crippen LogP contribution in [0.4, 0.5) is 8.78 Å². The second-order valence-corrected chi connectivity index (χ2v) is 5.42. The van der Waals surface area contributed by atoms with Gasteiger partial charge in [-0.15, -0.1) is 0 Å². The van der Waals surface area contributed by atoms with Gasteiger partial charge in [-0.05, 0) is 34.1 Å². The zero-order valence-corrected chi connectivity index (χ0v) is 12.8. The van der Waals surface area contributed by atoms with E-state index >= 15 is 0 Å². The summed E-state index contributed by atoms with van der Waals surface area (Å²) in [5.41, 5.74) is 6.54. The predicted octanol–water partition coefficient (Wildman–Crippen LogP) is 4.44. The Kier molecular flexibility index (Phi) is 4.62. The molecule has 6 heteroatoms. The minimum absolute atomic E-state index is 0.0393. The van der Waals surface area contributed by atoms with Gasteiger partial charge in [0.2, 0.25) is 0 Å². The molecule has 0 saturated carbocycles. The SMILES string of the molecule is COc1c(Br)cc(Cl)cc1C(N)c1cccc(F)c1F. The van der Waals surface area contributed by atoms with Gasteiger partial charge in [0.15, 0.2) is 11.6 Å². The van der Waals surface area contributed by atoms with Crippen molar-refractivity contribution in [2.45, 2.75) is 6.04 Å². The molecular formula is C14H11BrClF2NO. The normalized spacial score (nSPS) is 12.3. The molecule has 20 heavy (non-hydrogen) atoms. The van der Waals surface area contributed by atoms with Crippen LogP contribution in [0.5, 0.6) is 5.75 Å². The molecule has 0 saturated heterocycles. The van der Waals surface area contributed by atoms with E-state index in [2.05, 4.69) is 15.9 Å². The molecule has 0 aliphatic rings. The van der Waals surface area contributed by atoms with E-state index in [1.54, 1.807) is 12.1 Å². The second-order valence-electron chi connectivity index (χ2n) is 4.13. The summed E-state index contributed by atoms with van der Waals surface area (Å²) >= 11 is 9.27. The molecule has 0 bridgehead atoms. The molecule has 2 aromatic rings. The summed E-state index contributed by atoms with van der Waals surface area (Å²) in [5.74, 6) is -1.48. The lowest BCUT2D eigenvalue weighted by Gasteiger charge is -2.18. The summed E-state index contributed by atoms with van der Waals surface area (Å²) in [6, 6.07) is 6.18. The van der Waals surface area contributed by atoms with Crippen LogP contribution in [-0.2, 0) is 0 Å². The van der Waals surface area contributed by atoms with Crippen LogP contribution in [-0.4, -0.2) is 7.11 Å². The largest absolute Gasteiger partial charge is 0.495 e. The van der Waals surface area contributed by atoms with E-state index in [1.807, 2.05) is 0 Å². The van der Waals surface area contributed by atoms with Crippen molar-refractivity contribution >= 4 is 27.5 Å². The maximum Gasteiger partial charge on any atom is 0.163 e. The molecule has 2 rings (SSSR count). The van der Waals surface area contributed by atoms with Crippen LogP contribution in [0.15, 0.2) is 34.8 Å². The van der Waals surface area contributed by atoms with Crippen LogP contribution in [0.2, 0.25) is 5.02 Å². The van der Waals surface area contributed by atoms with Gasteiger partial charge in [0.1, 0.15) is 5.75 Å². The summed E-state index contributed by atoms with van der Waals surface area (Å²) in [5, 5.41) is 0.417. The number of ether oxygens (including phenoxy) is 1. The molecule has 1 unspecified atom stereocenters. The molecule has 0 aromatic heterocycles. The van der Waals surface area contributed by atoms with E-state index < -0.39 is 17.7 Å². The van der Waals surface area contributed by atoms with Gasteiger partial charge in [-0.25, -0.2) is 8.78 Å². The van der Waals surface area contributed by atoms with Crippen LogP contribution >= 0.6 is 27.5 Å². The van der Waals surface area contributed by atoms with Crippen molar-refractivity contribution in [3.05, 3.63) is 62.6 Å². The number of hydrogen-bond acceptors (Lipinski definition) is 2. The first-order chi connectivity index (χ1) is 9.45. The van der Waals surface area contributed by atoms with Crippen molar-refractivity contribution < 1.29 is 13.5 Å². The molecule has 1 atom stereocenters. The number of hydrogen-bond donors (Lipinski definition) is 1. The summed E-state index contributed by atoms with van der Waals surface area (Å²) in [4.78, 5) is 0. The Labute approximate surface area is 128 Å². The first kappa shape index (κ1) is 15.2. The van der Waals surface area contributed by atoms with Gasteiger partial charge in [0, 0.05) is 16.1 Å². The lowest BCUT2D eigenvalue weighted by Crippen LogP contribution is -2.15. The molecule has 2 N–H and O–H groups in total. The number of rotatable bonds is 3. The number of methoxy groups -OCH3 is 1. The van der Waals surface area contributed by atoms with Gasteiger partial charge in [-0.2, -0.15) is 0 Å². The zero-order chi connectivity index (χ0) is 14.9. The number of nitrogens with two attached hydrogens (primary N) is 1. The van der Waals surface area contributed by atoms with Crippen LogP contribution in [0.1, 0.15) is 17.2 Å². The van der Waals surface area contributed by atoms with Gasteiger partial charge in [-0.3, -0.25) is 0 Å². The monoisotopic (exact) mass is 361 g/mol. The van der Waals surface area contributed by atoms with Crippen molar-refractivity contribution in [1.82, 2.24) is 0 Å². The lowest BCUT2D eigenvalue weighted by molar-refractivity contribution is 0.404. The van der Waals surface area contributed by atoms with Gasteiger partial charge in [0.05, 0.1) is 17.6 Å². The Balaban J connectivity index is 2.58. The fraction of sp³-hybridized carbons (Fsp3) is 0.143. The van der Waals surface area contributed by atoms with Gasteiger partial charge < -0.3 is 10.5 Å². The number of halogens is 4. The smallest absolute Gasteiger partial charge is 0.163 e. The molecule has 2 nitrogen and oxygen atoms in total. The van der Waals surface area contributed by atoms with Crippen molar-refractivity contribution in [3.63, 3.8) is 0 Å². The Bertz CT molecular complexity index is 651. The van der Waals surface area contributed by atoms with E-state index in [9.17, 15) is 8.78 Å². The van der Waals surface area contributed by atoms with Crippen LogP contribution in [0.3, 0.4) is 0 Å². The molecule has 0 radical (unpaired) electrons. The molecule has 0 aliphatic carbocycles. The highest BCUT2D eigenvalue weighted by Crippen LogP contribution is 2.38. The van der Waals surface area contributed by atoms with Crippen molar-refractivity contribution in [2.75, 3.05) is 7.11 Å². The predicted molar refractivity (Wildman–Crippen MR) is 78.1 cm³/mol. The van der Waals surface area contributed by atoms with E-state index in [0.29, 0.717) is 20.8 Å². The van der Waals surface area contributed by atoms with Crippen molar-refractivity contribution in [2.24, 2.45) is 5.73 Å². The summed E-state index contributed by atoms with van der Waals surface area (Å²) < 4.78 is 33.0. The first-order valence-corrected chi connectivity index (χ1v) is 6.85. The Morgan fingerprint density at radius 1 is 1.25 bits per heavy atom. The average Bonchev–Trinajstić information content (AvgIpc) is 2.40. The summed E-state index contributed by atoms with van der Waals surface area (Å²) in [6.45, 7) is 0. The van der Waals surface area contributed by atoms with Crippen molar-refractivity contribution in [3.8, 4) is 5.75 Å². The fourth-order valence-corrected chi connectivity index (χ4v) is 2.95. The van der Waals surface area contributed by atoms with Gasteiger partial charge in [0.25, 0.3) is 0 Å². The van der Waals surface area contributed by atoms with Crippen LogP contribution in [0, 0.1) is 11.6 Å². The van der Waals surface area contributed by atoms with E-state index in [0.717, 1.165) is 6.07 Å². The van der Waals surface area contributed by atoms with Gasteiger partial charge >= 0.3 is 0 Å². The Hall–Kier alpha value is -1.17. The Morgan fingerprint density at radius 3 is 2.60 bits per heavy atom. The first-order valence-electron chi connectivity index (χ1n) is 5.68. The minimum atomic E-state index is -0.974. The Morgan fingerprint density at radius 2 is 1.95 bits per heavy atom. The highest BCUT2D eigenvalue weighted by molar-refractivity contribution is 9.10. The fourth-order valence-electron chi connectivity index (χ4n) is 1.95. The third-order valence-electron chi connectivity index (χ3n) is 2.89. The summed E-state index contributed by atoms with van der Waals surface area (Å²) in [6.07, 6.45) is 0. The number of benzene rings is 2. The highest BCUT2D eigenvalue weighted by Gasteiger charge is 2.21. The zero-order valence-electron chi connectivity index (χ0n) is 10.5. The molecule has 0 aliphatic heterocycles. The third kappa shape index (κ3) is 2.80. The second kappa shape index (κ2) is 6.08. The van der Waals surface area contributed by atoms with E-state index in [4.69, 9.17) is 22.1 Å². The maximum atomic E-state index is 13.8. The summed E-state index contributed by atoms with van der Waals surface area (Å²) in [7, 11) is 1.46. The minimum Gasteiger partial charge on any atom is -0.495 e. The average molecular weight is 363 g/mol. The topological polar surface area (TPSA) is 35.2 Å². The van der Waals surface area contributed by atoms with E-state index in [1.165, 1.54) is 19.2 Å². The standard InChI is InChI=1S/C14H11BrClF2NO/c1-20-14-9(5-7(16)6-10(14)15)13(19)8-3-2-4-11(17)12(8)18/h2-6,13H,19H2,1H3. The third-order valence-corrected chi connectivity index (χ3v) is 3.70. The maximum absolute atomic E-state index is 13.8. The molecule has 0 amide bonds. The molecule has 2 aromatic carbocycles. The van der Waals surface area contributed by atoms with Crippen molar-refractivity contribution in [1.29, 1.82) is 0 Å². The molecule has 106 valence electrons. The quantitative estimate of drug-likeness (QED) is 0.876. The molecule has 0 spiro atoms. The van der Waals surface area contributed by atoms with Crippen LogP contribution in [0.25, 0.3) is 0 Å². The van der Waals surface area contributed by atoms with Crippen LogP contribution < -0.4 is 10.5 Å². The molecule has 0 heterocycles. The lowest BCUT2D eigenvalue weighted by atomic mass is 9.98. The highest BCUT2D eigenvalue weighted by atomic mass is 79.9. The van der Waals surface area contributed by atoms with Gasteiger partial charge in [-0.1, -0.05) is 23.7 Å². The molecule has 0 fully saturated rings. The van der Waals surface area contributed by atoms with E-state index in [-0.39, 0.29) is 5.56 Å².